The van der Waals surface area contributed by atoms with E-state index in [1.807, 2.05) is 6.92 Å². The van der Waals surface area contributed by atoms with Gasteiger partial charge in [-0.1, -0.05) is 13.3 Å². The molecule has 2 atom stereocenters. The molecular weight excluding hydrogens is 228 g/mol. The van der Waals surface area contributed by atoms with Crippen molar-refractivity contribution in [3.05, 3.63) is 0 Å². The Kier molecular flexibility index (Phi) is 4.88. The summed E-state index contributed by atoms with van der Waals surface area (Å²) < 4.78 is 4.86. The summed E-state index contributed by atoms with van der Waals surface area (Å²) in [4.78, 5) is 11.6. The van der Waals surface area contributed by atoms with Gasteiger partial charge in [-0.25, -0.2) is 4.79 Å². The third-order valence-corrected chi connectivity index (χ3v) is 2.99. The minimum atomic E-state index is -1.91. The second-order valence-corrected chi connectivity index (χ2v) is 4.55. The fourth-order valence-electron chi connectivity index (χ4n) is 1.88. The van der Waals surface area contributed by atoms with Gasteiger partial charge in [0.2, 0.25) is 0 Å². The molecule has 0 heterocycles. The highest BCUT2D eigenvalue weighted by atomic mass is 16.5. The molecule has 100 valence electrons. The average Bonchev–Trinajstić information content (AvgIpc) is 2.26. The Labute approximate surface area is 99.8 Å². The van der Waals surface area contributed by atoms with Crippen LogP contribution in [0.2, 0.25) is 0 Å². The lowest BCUT2D eigenvalue weighted by Gasteiger charge is -2.38. The summed E-state index contributed by atoms with van der Waals surface area (Å²) in [6.45, 7) is 2.14. The number of rotatable bonds is 4. The number of ether oxygens (including phenoxy) is 1. The molecule has 0 spiro atoms. The van der Waals surface area contributed by atoms with Gasteiger partial charge in [0, 0.05) is 12.8 Å². The van der Waals surface area contributed by atoms with Crippen LogP contribution in [0, 0.1) is 0 Å². The number of hydrogen-bond donors (Lipinski definition) is 4. The fraction of sp³-hybridized carbons (Fsp3) is 0.909. The molecule has 0 aromatic carbocycles. The molecule has 1 saturated carbocycles. The third-order valence-electron chi connectivity index (χ3n) is 2.99. The van der Waals surface area contributed by atoms with Crippen LogP contribution in [0.3, 0.4) is 0 Å². The second kappa shape index (κ2) is 5.77. The molecule has 0 aliphatic heterocycles. The van der Waals surface area contributed by atoms with Crippen LogP contribution in [0.1, 0.15) is 32.6 Å². The Bertz CT molecular complexity index is 255. The van der Waals surface area contributed by atoms with E-state index in [1.165, 1.54) is 0 Å². The quantitative estimate of drug-likeness (QED) is 0.373. The molecule has 1 rings (SSSR count). The fourth-order valence-corrected chi connectivity index (χ4v) is 1.88. The minimum Gasteiger partial charge on any atom is -0.464 e. The van der Waals surface area contributed by atoms with Crippen molar-refractivity contribution in [3.63, 3.8) is 0 Å². The highest BCUT2D eigenvalue weighted by molar-refractivity contribution is 5.79. The van der Waals surface area contributed by atoms with Crippen LogP contribution in [0.25, 0.3) is 0 Å². The van der Waals surface area contributed by atoms with E-state index in [1.54, 1.807) is 0 Å². The predicted octanol–water partition coefficient (Wildman–Crippen LogP) is -1.06. The van der Waals surface area contributed by atoms with Gasteiger partial charge in [0.1, 0.15) is 6.10 Å². The van der Waals surface area contributed by atoms with E-state index < -0.39 is 29.9 Å². The van der Waals surface area contributed by atoms with Gasteiger partial charge in [-0.05, 0) is 6.42 Å². The van der Waals surface area contributed by atoms with E-state index in [0.717, 1.165) is 6.42 Å². The van der Waals surface area contributed by atoms with E-state index in [2.05, 4.69) is 0 Å². The molecule has 0 radical (unpaired) electrons. The summed E-state index contributed by atoms with van der Waals surface area (Å²) in [5, 5.41) is 38.2. The molecule has 1 aliphatic carbocycles. The highest BCUT2D eigenvalue weighted by Crippen LogP contribution is 2.30. The molecule has 0 aromatic rings. The van der Waals surface area contributed by atoms with Crippen molar-refractivity contribution in [2.45, 2.75) is 56.5 Å². The van der Waals surface area contributed by atoms with Gasteiger partial charge in [-0.2, -0.15) is 0 Å². The van der Waals surface area contributed by atoms with Gasteiger partial charge in [0.05, 0.1) is 18.8 Å². The predicted molar refractivity (Wildman–Crippen MR) is 58.1 cm³/mol. The smallest absolute Gasteiger partial charge is 0.338 e. The number of esters is 1. The van der Waals surface area contributed by atoms with Crippen molar-refractivity contribution in [2.75, 3.05) is 6.61 Å². The maximum absolute atomic E-state index is 11.6. The van der Waals surface area contributed by atoms with Crippen molar-refractivity contribution >= 4 is 5.97 Å². The maximum atomic E-state index is 11.6. The van der Waals surface area contributed by atoms with Crippen molar-refractivity contribution in [1.82, 2.24) is 0 Å². The number of unbranched alkanes of at least 4 members (excludes halogenated alkanes) is 1. The van der Waals surface area contributed by atoms with Crippen molar-refractivity contribution in [2.24, 2.45) is 0 Å². The lowest BCUT2D eigenvalue weighted by Crippen LogP contribution is -2.56. The molecule has 17 heavy (non-hydrogen) atoms. The molecule has 4 N–H and O–H groups in total. The van der Waals surface area contributed by atoms with Crippen LogP contribution in [0.4, 0.5) is 0 Å². The first kappa shape index (κ1) is 14.4. The van der Waals surface area contributed by atoms with Crippen LogP contribution >= 0.6 is 0 Å². The number of carbonyl (C=O) groups excluding carboxylic acids is 1. The van der Waals surface area contributed by atoms with Crippen LogP contribution in [0.15, 0.2) is 0 Å². The lowest BCUT2D eigenvalue weighted by molar-refractivity contribution is -0.192. The molecule has 0 amide bonds. The first-order valence-corrected chi connectivity index (χ1v) is 5.84. The molecular formula is C11H20O6. The summed E-state index contributed by atoms with van der Waals surface area (Å²) in [5.41, 5.74) is -1.91. The standard InChI is InChI=1S/C11H20O6/c1-2-3-4-17-10(15)11(16)5-7(12)9(14)8(13)6-11/h7-9,12-14,16H,2-6H2,1H3/t7-,8-,9?,11?/m1/s1. The van der Waals surface area contributed by atoms with Gasteiger partial charge >= 0.3 is 5.97 Å². The average molecular weight is 248 g/mol. The van der Waals surface area contributed by atoms with Gasteiger partial charge in [0.25, 0.3) is 0 Å². The molecule has 0 saturated heterocycles. The summed E-state index contributed by atoms with van der Waals surface area (Å²) in [5.74, 6) is -0.851. The second-order valence-electron chi connectivity index (χ2n) is 4.55. The van der Waals surface area contributed by atoms with Crippen LogP contribution in [0.5, 0.6) is 0 Å². The lowest BCUT2D eigenvalue weighted by atomic mass is 9.80. The summed E-state index contributed by atoms with van der Waals surface area (Å²) in [6.07, 6.45) is -3.10. The number of hydrogen-bond acceptors (Lipinski definition) is 6. The SMILES string of the molecule is CCCCOC(=O)C1(O)C[C@@H](O)C(O)[C@H](O)C1. The van der Waals surface area contributed by atoms with Gasteiger partial charge < -0.3 is 25.2 Å². The summed E-state index contributed by atoms with van der Waals surface area (Å²) in [6, 6.07) is 0. The van der Waals surface area contributed by atoms with Gasteiger partial charge in [-0.15, -0.1) is 0 Å². The molecule has 6 nitrogen and oxygen atoms in total. The summed E-state index contributed by atoms with van der Waals surface area (Å²) >= 11 is 0. The van der Waals surface area contributed by atoms with E-state index in [0.29, 0.717) is 6.42 Å². The van der Waals surface area contributed by atoms with E-state index in [-0.39, 0.29) is 19.4 Å². The first-order valence-electron chi connectivity index (χ1n) is 5.84. The minimum absolute atomic E-state index is 0.201. The van der Waals surface area contributed by atoms with Crippen LogP contribution < -0.4 is 0 Å². The zero-order valence-electron chi connectivity index (χ0n) is 9.87. The van der Waals surface area contributed by atoms with Gasteiger partial charge in [0.15, 0.2) is 5.60 Å². The van der Waals surface area contributed by atoms with E-state index in [9.17, 15) is 25.2 Å². The molecule has 1 aliphatic rings. The molecule has 0 bridgehead atoms. The Morgan fingerprint density at radius 3 is 2.29 bits per heavy atom. The normalized spacial score (nSPS) is 37.8. The topological polar surface area (TPSA) is 107 Å². The van der Waals surface area contributed by atoms with E-state index >= 15 is 0 Å². The highest BCUT2D eigenvalue weighted by Gasteiger charge is 2.49. The third kappa shape index (κ3) is 3.38. The van der Waals surface area contributed by atoms with Crippen molar-refractivity contribution < 1.29 is 30.0 Å². The molecule has 0 aromatic heterocycles. The maximum Gasteiger partial charge on any atom is 0.338 e. The first-order chi connectivity index (χ1) is 7.90. The molecule has 6 heteroatoms. The molecule has 0 unspecified atom stereocenters. The Hall–Kier alpha value is -0.690. The van der Waals surface area contributed by atoms with Gasteiger partial charge in [-0.3, -0.25) is 0 Å². The van der Waals surface area contributed by atoms with E-state index in [4.69, 9.17) is 4.74 Å². The Morgan fingerprint density at radius 2 is 1.82 bits per heavy atom. The Balaban J connectivity index is 2.58. The number of aliphatic hydroxyl groups is 4. The number of aliphatic hydroxyl groups excluding tert-OH is 3. The van der Waals surface area contributed by atoms with Crippen molar-refractivity contribution in [1.29, 1.82) is 0 Å². The molecule has 1 fully saturated rings. The zero-order chi connectivity index (χ0) is 13.1. The largest absolute Gasteiger partial charge is 0.464 e. The van der Waals surface area contributed by atoms with Crippen LogP contribution in [-0.4, -0.2) is 56.9 Å². The summed E-state index contributed by atoms with van der Waals surface area (Å²) in [7, 11) is 0. The Morgan fingerprint density at radius 1 is 1.29 bits per heavy atom. The monoisotopic (exact) mass is 248 g/mol. The number of carbonyl (C=O) groups is 1. The van der Waals surface area contributed by atoms with Crippen LogP contribution in [-0.2, 0) is 9.53 Å². The van der Waals surface area contributed by atoms with Crippen molar-refractivity contribution in [3.8, 4) is 0 Å². The zero-order valence-corrected chi connectivity index (χ0v) is 9.87.